The Labute approximate surface area is 107 Å². The molecule has 0 saturated heterocycles. The van der Waals surface area contributed by atoms with Crippen molar-refractivity contribution in [2.24, 2.45) is 0 Å². The average molecular weight is 288 g/mol. The van der Waals surface area contributed by atoms with Crippen LogP contribution in [0.3, 0.4) is 0 Å². The van der Waals surface area contributed by atoms with Crippen LogP contribution in [-0.2, 0) is 0 Å². The second kappa shape index (κ2) is 3.96. The first-order chi connectivity index (χ1) is 8.27. The number of benzene rings is 1. The van der Waals surface area contributed by atoms with Crippen LogP contribution in [0.4, 0.5) is 0 Å². The summed E-state index contributed by atoms with van der Waals surface area (Å²) in [6, 6.07) is 12.1. The summed E-state index contributed by atoms with van der Waals surface area (Å²) in [6.07, 6.45) is 1.77. The number of aromatic nitrogens is 3. The van der Waals surface area contributed by atoms with Crippen molar-refractivity contribution < 1.29 is 0 Å². The van der Waals surface area contributed by atoms with Gasteiger partial charge in [0.2, 0.25) is 0 Å². The van der Waals surface area contributed by atoms with Crippen LogP contribution in [0.2, 0.25) is 0 Å². The highest BCUT2D eigenvalue weighted by atomic mass is 79.9. The van der Waals surface area contributed by atoms with Crippen LogP contribution >= 0.6 is 15.9 Å². The molecule has 0 N–H and O–H groups in total. The lowest BCUT2D eigenvalue weighted by atomic mass is 10.1. The van der Waals surface area contributed by atoms with Crippen molar-refractivity contribution in [3.63, 3.8) is 0 Å². The number of imidazole rings is 1. The molecule has 0 aliphatic carbocycles. The minimum atomic E-state index is 0.823. The summed E-state index contributed by atoms with van der Waals surface area (Å²) in [5.41, 5.74) is 3.27. The van der Waals surface area contributed by atoms with Crippen molar-refractivity contribution in [2.75, 3.05) is 0 Å². The molecule has 84 valence electrons. The van der Waals surface area contributed by atoms with Gasteiger partial charge in [-0.3, -0.25) is 0 Å². The van der Waals surface area contributed by atoms with Gasteiger partial charge in [-0.25, -0.2) is 9.50 Å². The Hall–Kier alpha value is -1.68. The van der Waals surface area contributed by atoms with Gasteiger partial charge in [0.05, 0.1) is 5.52 Å². The van der Waals surface area contributed by atoms with Crippen LogP contribution in [0.15, 0.2) is 47.2 Å². The molecule has 2 aromatic heterocycles. The molecule has 3 nitrogen and oxygen atoms in total. The Kier molecular flexibility index (Phi) is 2.44. The highest BCUT2D eigenvalue weighted by Crippen LogP contribution is 2.26. The van der Waals surface area contributed by atoms with Crippen LogP contribution in [0, 0.1) is 6.92 Å². The molecule has 0 saturated carbocycles. The van der Waals surface area contributed by atoms with E-state index in [9.17, 15) is 0 Å². The number of hydrogen-bond acceptors (Lipinski definition) is 2. The van der Waals surface area contributed by atoms with E-state index >= 15 is 0 Å². The van der Waals surface area contributed by atoms with Gasteiger partial charge in [0, 0.05) is 11.8 Å². The number of aryl methyl sites for hydroxylation is 1. The van der Waals surface area contributed by atoms with Crippen molar-refractivity contribution in [3.8, 4) is 11.4 Å². The summed E-state index contributed by atoms with van der Waals surface area (Å²) in [5.74, 6) is 0.866. The third-order valence-electron chi connectivity index (χ3n) is 2.75. The van der Waals surface area contributed by atoms with Gasteiger partial charge in [0.25, 0.3) is 0 Å². The predicted octanol–water partition coefficient (Wildman–Crippen LogP) is 3.47. The van der Waals surface area contributed by atoms with Gasteiger partial charge in [0.1, 0.15) is 4.60 Å². The van der Waals surface area contributed by atoms with E-state index < -0.39 is 0 Å². The molecule has 0 unspecified atom stereocenters. The van der Waals surface area contributed by atoms with Crippen LogP contribution in [0.5, 0.6) is 0 Å². The molecule has 3 rings (SSSR count). The zero-order valence-electron chi connectivity index (χ0n) is 9.26. The smallest absolute Gasteiger partial charge is 0.162 e. The molecule has 0 aliphatic heterocycles. The Morgan fingerprint density at radius 3 is 2.76 bits per heavy atom. The maximum atomic E-state index is 4.54. The van der Waals surface area contributed by atoms with E-state index in [0.29, 0.717) is 0 Å². The first kappa shape index (κ1) is 10.5. The number of nitrogens with zero attached hydrogens (tertiary/aromatic N) is 3. The first-order valence-corrected chi connectivity index (χ1v) is 6.12. The molecule has 1 aromatic carbocycles. The second-order valence-corrected chi connectivity index (χ2v) is 4.61. The molecule has 17 heavy (non-hydrogen) atoms. The Morgan fingerprint density at radius 1 is 1.12 bits per heavy atom. The molecule has 0 atom stereocenters. The van der Waals surface area contributed by atoms with E-state index in [4.69, 9.17) is 0 Å². The second-order valence-electron chi connectivity index (χ2n) is 3.86. The van der Waals surface area contributed by atoms with Gasteiger partial charge in [0.15, 0.2) is 5.82 Å². The van der Waals surface area contributed by atoms with Crippen LogP contribution in [-0.4, -0.2) is 14.6 Å². The minimum Gasteiger partial charge on any atom is -0.219 e. The lowest BCUT2D eigenvalue weighted by Crippen LogP contribution is -1.94. The third kappa shape index (κ3) is 1.65. The molecule has 0 aliphatic rings. The molecule has 0 spiro atoms. The van der Waals surface area contributed by atoms with Gasteiger partial charge < -0.3 is 0 Å². The quantitative estimate of drug-likeness (QED) is 0.686. The minimum absolute atomic E-state index is 0.823. The largest absolute Gasteiger partial charge is 0.219 e. The summed E-state index contributed by atoms with van der Waals surface area (Å²) < 4.78 is 2.68. The Morgan fingerprint density at radius 2 is 1.94 bits per heavy atom. The van der Waals surface area contributed by atoms with Crippen LogP contribution in [0.25, 0.3) is 16.9 Å². The molecule has 0 fully saturated rings. The normalized spacial score (nSPS) is 10.9. The van der Waals surface area contributed by atoms with E-state index in [-0.39, 0.29) is 0 Å². The van der Waals surface area contributed by atoms with Gasteiger partial charge in [-0.2, -0.15) is 5.10 Å². The van der Waals surface area contributed by atoms with Gasteiger partial charge >= 0.3 is 0 Å². The summed E-state index contributed by atoms with van der Waals surface area (Å²) in [4.78, 5) is 4.54. The standard InChI is InChI=1S/C13H10BrN3/c1-9-5-2-3-6-10(9)13-16-12(14)11-7-4-8-15-17(11)13/h2-8H,1H3. The highest BCUT2D eigenvalue weighted by Gasteiger charge is 2.12. The molecular formula is C13H10BrN3. The average Bonchev–Trinajstić information content (AvgIpc) is 2.68. The number of fused-ring (bicyclic) bond motifs is 1. The summed E-state index contributed by atoms with van der Waals surface area (Å²) in [5, 5.41) is 4.34. The topological polar surface area (TPSA) is 30.2 Å². The molecule has 0 bridgehead atoms. The first-order valence-electron chi connectivity index (χ1n) is 5.32. The Bertz CT molecular complexity index is 688. The summed E-state index contributed by atoms with van der Waals surface area (Å²) in [7, 11) is 0. The fourth-order valence-electron chi connectivity index (χ4n) is 1.89. The molecular weight excluding hydrogens is 278 g/mol. The van der Waals surface area contributed by atoms with E-state index in [1.54, 1.807) is 6.20 Å². The number of hydrogen-bond donors (Lipinski definition) is 0. The maximum Gasteiger partial charge on any atom is 0.162 e. The summed E-state index contributed by atoms with van der Waals surface area (Å²) >= 11 is 3.47. The Balaban J connectivity index is 2.35. The van der Waals surface area contributed by atoms with Crippen LogP contribution in [0.1, 0.15) is 5.56 Å². The molecule has 3 aromatic rings. The summed E-state index contributed by atoms with van der Waals surface area (Å²) in [6.45, 7) is 2.08. The highest BCUT2D eigenvalue weighted by molar-refractivity contribution is 9.10. The van der Waals surface area contributed by atoms with Gasteiger partial charge in [-0.15, -0.1) is 0 Å². The van der Waals surface area contributed by atoms with Crippen molar-refractivity contribution in [3.05, 3.63) is 52.8 Å². The lowest BCUT2D eigenvalue weighted by molar-refractivity contribution is 0.934. The fourth-order valence-corrected chi connectivity index (χ4v) is 2.36. The van der Waals surface area contributed by atoms with Gasteiger partial charge in [-0.1, -0.05) is 24.3 Å². The van der Waals surface area contributed by atoms with E-state index in [1.165, 1.54) is 5.56 Å². The van der Waals surface area contributed by atoms with E-state index in [0.717, 1.165) is 21.5 Å². The third-order valence-corrected chi connectivity index (χ3v) is 3.34. The fraction of sp³-hybridized carbons (Fsp3) is 0.0769. The monoisotopic (exact) mass is 287 g/mol. The molecule has 2 heterocycles. The SMILES string of the molecule is Cc1ccccc1-c1nc(Br)c2cccnn12. The number of halogens is 1. The van der Waals surface area contributed by atoms with Crippen molar-refractivity contribution in [1.29, 1.82) is 0 Å². The van der Waals surface area contributed by atoms with Gasteiger partial charge in [-0.05, 0) is 40.5 Å². The zero-order valence-corrected chi connectivity index (χ0v) is 10.8. The zero-order chi connectivity index (χ0) is 11.8. The van der Waals surface area contributed by atoms with Crippen molar-refractivity contribution >= 4 is 21.4 Å². The van der Waals surface area contributed by atoms with Crippen LogP contribution < -0.4 is 0 Å². The van der Waals surface area contributed by atoms with Crippen molar-refractivity contribution in [2.45, 2.75) is 6.92 Å². The number of rotatable bonds is 1. The molecule has 0 amide bonds. The van der Waals surface area contributed by atoms with E-state index in [2.05, 4.69) is 45.1 Å². The van der Waals surface area contributed by atoms with E-state index in [1.807, 2.05) is 28.8 Å². The van der Waals surface area contributed by atoms with Crippen molar-refractivity contribution in [1.82, 2.24) is 14.6 Å². The lowest BCUT2D eigenvalue weighted by Gasteiger charge is -2.03. The predicted molar refractivity (Wildman–Crippen MR) is 70.9 cm³/mol. The maximum absolute atomic E-state index is 4.54. The molecule has 0 radical (unpaired) electrons. The molecule has 4 heteroatoms.